The van der Waals surface area contributed by atoms with Crippen molar-refractivity contribution in [3.63, 3.8) is 0 Å². The first-order valence-corrected chi connectivity index (χ1v) is 9.12. The second kappa shape index (κ2) is 8.75. The normalized spacial score (nSPS) is 16.7. The van der Waals surface area contributed by atoms with Crippen molar-refractivity contribution < 1.29 is 28.6 Å². The molecule has 0 radical (unpaired) electrons. The molecule has 3 rings (SSSR count). The molecule has 1 N–H and O–H groups in total. The van der Waals surface area contributed by atoms with Crippen LogP contribution < -0.4 is 4.74 Å². The Morgan fingerprint density at radius 2 is 1.96 bits per heavy atom. The van der Waals surface area contributed by atoms with Crippen LogP contribution in [0.25, 0.3) is 0 Å². The third-order valence-corrected chi connectivity index (χ3v) is 4.50. The molecule has 0 fully saturated rings. The van der Waals surface area contributed by atoms with Gasteiger partial charge in [-0.1, -0.05) is 19.1 Å². The molecule has 0 bridgehead atoms. The molecule has 1 amide bonds. The number of ketones is 1. The van der Waals surface area contributed by atoms with E-state index >= 15 is 0 Å². The van der Waals surface area contributed by atoms with E-state index in [-0.39, 0.29) is 24.5 Å². The molecule has 28 heavy (non-hydrogen) atoms. The summed E-state index contributed by atoms with van der Waals surface area (Å²) in [7, 11) is 1.53. The van der Waals surface area contributed by atoms with Gasteiger partial charge in [-0.25, -0.2) is 0 Å². The van der Waals surface area contributed by atoms with Crippen LogP contribution in [-0.4, -0.2) is 48.6 Å². The van der Waals surface area contributed by atoms with E-state index in [4.69, 9.17) is 13.9 Å². The van der Waals surface area contributed by atoms with E-state index in [0.717, 1.165) is 6.42 Å². The molecule has 0 spiro atoms. The van der Waals surface area contributed by atoms with Gasteiger partial charge in [0.1, 0.15) is 5.75 Å². The van der Waals surface area contributed by atoms with Crippen molar-refractivity contribution in [1.29, 1.82) is 0 Å². The van der Waals surface area contributed by atoms with Gasteiger partial charge in [0.05, 0.1) is 31.1 Å². The highest BCUT2D eigenvalue weighted by Gasteiger charge is 2.44. The van der Waals surface area contributed by atoms with Crippen molar-refractivity contribution in [3.8, 4) is 5.75 Å². The summed E-state index contributed by atoms with van der Waals surface area (Å²) in [6, 6.07) is 9.50. The van der Waals surface area contributed by atoms with Crippen LogP contribution >= 0.6 is 0 Å². The van der Waals surface area contributed by atoms with Crippen molar-refractivity contribution in [2.45, 2.75) is 19.4 Å². The van der Waals surface area contributed by atoms with E-state index < -0.39 is 23.5 Å². The number of carbonyl (C=O) groups excluding carboxylic acids is 2. The van der Waals surface area contributed by atoms with Gasteiger partial charge >= 0.3 is 0 Å². The average Bonchev–Trinajstić information content (AvgIpc) is 3.33. The smallest absolute Gasteiger partial charge is 0.290 e. The van der Waals surface area contributed by atoms with Crippen LogP contribution in [0, 0.1) is 0 Å². The fraction of sp³-hybridized carbons (Fsp3) is 0.333. The highest BCUT2D eigenvalue weighted by Crippen LogP contribution is 2.39. The minimum absolute atomic E-state index is 0.00159. The summed E-state index contributed by atoms with van der Waals surface area (Å²) in [5.41, 5.74) is 0.686. The highest BCUT2D eigenvalue weighted by atomic mass is 16.5. The zero-order chi connectivity index (χ0) is 20.1. The molecule has 1 aliphatic heterocycles. The number of nitrogens with zero attached hydrogens (tertiary/aromatic N) is 1. The monoisotopic (exact) mass is 385 g/mol. The van der Waals surface area contributed by atoms with Crippen molar-refractivity contribution in [1.82, 2.24) is 4.90 Å². The fourth-order valence-electron chi connectivity index (χ4n) is 3.16. The lowest BCUT2D eigenvalue weighted by molar-refractivity contribution is -0.130. The van der Waals surface area contributed by atoms with Crippen LogP contribution in [-0.2, 0) is 9.53 Å². The van der Waals surface area contributed by atoms with Crippen LogP contribution in [0.2, 0.25) is 0 Å². The van der Waals surface area contributed by atoms with Gasteiger partial charge in [0, 0.05) is 13.7 Å². The molecule has 1 aromatic heterocycles. The zero-order valence-electron chi connectivity index (χ0n) is 15.9. The lowest BCUT2D eigenvalue weighted by Gasteiger charge is -2.26. The van der Waals surface area contributed by atoms with E-state index in [1.807, 2.05) is 6.92 Å². The van der Waals surface area contributed by atoms with Crippen LogP contribution in [0.3, 0.4) is 0 Å². The van der Waals surface area contributed by atoms with Crippen LogP contribution in [0.4, 0.5) is 0 Å². The van der Waals surface area contributed by atoms with Gasteiger partial charge in [0.25, 0.3) is 5.91 Å². The number of hydrogen-bond donors (Lipinski definition) is 1. The topological polar surface area (TPSA) is 89.2 Å². The van der Waals surface area contributed by atoms with Gasteiger partial charge in [0.2, 0.25) is 5.78 Å². The number of hydrogen-bond acceptors (Lipinski definition) is 6. The molecule has 148 valence electrons. The average molecular weight is 385 g/mol. The third-order valence-electron chi connectivity index (χ3n) is 4.50. The maximum atomic E-state index is 12.9. The van der Waals surface area contributed by atoms with Crippen molar-refractivity contribution in [3.05, 3.63) is 65.3 Å². The molecule has 0 saturated carbocycles. The van der Waals surface area contributed by atoms with Crippen LogP contribution in [0.1, 0.15) is 35.5 Å². The van der Waals surface area contributed by atoms with E-state index in [0.29, 0.717) is 17.9 Å². The Balaban J connectivity index is 1.98. The third kappa shape index (κ3) is 3.80. The van der Waals surface area contributed by atoms with Crippen molar-refractivity contribution >= 4 is 11.7 Å². The Morgan fingerprint density at radius 1 is 1.21 bits per heavy atom. The second-order valence-corrected chi connectivity index (χ2v) is 6.38. The largest absolute Gasteiger partial charge is 0.503 e. The predicted octanol–water partition coefficient (Wildman–Crippen LogP) is 3.29. The number of furan rings is 1. The molecule has 1 atom stereocenters. The van der Waals surface area contributed by atoms with Gasteiger partial charge in [0.15, 0.2) is 11.5 Å². The van der Waals surface area contributed by atoms with Gasteiger partial charge < -0.3 is 23.9 Å². The predicted molar refractivity (Wildman–Crippen MR) is 101 cm³/mol. The summed E-state index contributed by atoms with van der Waals surface area (Å²) >= 11 is 0. The maximum absolute atomic E-state index is 12.9. The van der Waals surface area contributed by atoms with E-state index in [1.165, 1.54) is 24.3 Å². The number of ether oxygens (including phenoxy) is 2. The summed E-state index contributed by atoms with van der Waals surface area (Å²) in [6.45, 7) is 3.12. The Labute approximate surface area is 163 Å². The molecule has 0 saturated heterocycles. The first-order chi connectivity index (χ1) is 13.6. The molecule has 7 heteroatoms. The fourth-order valence-corrected chi connectivity index (χ4v) is 3.16. The van der Waals surface area contributed by atoms with Crippen molar-refractivity contribution in [2.24, 2.45) is 0 Å². The number of rotatable bonds is 9. The first kappa shape index (κ1) is 19.7. The van der Waals surface area contributed by atoms with Gasteiger partial charge in [-0.3, -0.25) is 9.59 Å². The minimum atomic E-state index is -0.736. The maximum Gasteiger partial charge on any atom is 0.290 e. The highest BCUT2D eigenvalue weighted by molar-refractivity contribution is 6.15. The number of Topliss-reactive ketones (excluding diaryl/α,β-unsaturated/α-hetero) is 1. The van der Waals surface area contributed by atoms with Gasteiger partial charge in [-0.2, -0.15) is 0 Å². The van der Waals surface area contributed by atoms with Crippen molar-refractivity contribution in [2.75, 3.05) is 26.9 Å². The summed E-state index contributed by atoms with van der Waals surface area (Å²) in [5, 5.41) is 10.5. The number of methoxy groups -OCH3 is 1. The molecule has 2 heterocycles. The summed E-state index contributed by atoms with van der Waals surface area (Å²) in [5.74, 6) is -0.925. The van der Waals surface area contributed by atoms with E-state index in [2.05, 4.69) is 0 Å². The Kier molecular flexibility index (Phi) is 6.16. The van der Waals surface area contributed by atoms with Crippen LogP contribution in [0.5, 0.6) is 5.75 Å². The van der Waals surface area contributed by atoms with Gasteiger partial charge in [-0.05, 0) is 36.2 Å². The number of amides is 1. The SMILES string of the molecule is CCCOc1ccc(C2C(C(=O)c3ccco3)=C(O)C(=O)N2CCOC)cc1. The number of aliphatic hydroxyl groups is 1. The molecular formula is C21H23NO6. The Morgan fingerprint density at radius 3 is 2.57 bits per heavy atom. The Bertz CT molecular complexity index is 854. The number of aliphatic hydroxyl groups excluding tert-OH is 1. The molecule has 1 aromatic carbocycles. The molecule has 1 aliphatic rings. The van der Waals surface area contributed by atoms with Crippen LogP contribution in [0.15, 0.2) is 58.4 Å². The Hall–Kier alpha value is -3.06. The quantitative estimate of drug-likeness (QED) is 0.666. The molecule has 1 unspecified atom stereocenters. The standard InChI is InChI=1S/C21H23NO6/c1-3-11-27-15-8-6-14(7-9-15)18-17(19(23)16-5-4-12-28-16)20(24)21(25)22(18)10-13-26-2/h4-9,12,18,24H,3,10-11,13H2,1-2H3. The summed E-state index contributed by atoms with van der Waals surface area (Å²) < 4.78 is 15.9. The molecule has 2 aromatic rings. The second-order valence-electron chi connectivity index (χ2n) is 6.38. The lowest BCUT2D eigenvalue weighted by Crippen LogP contribution is -2.34. The zero-order valence-corrected chi connectivity index (χ0v) is 15.9. The van der Waals surface area contributed by atoms with E-state index in [9.17, 15) is 14.7 Å². The lowest BCUT2D eigenvalue weighted by atomic mass is 9.95. The van der Waals surface area contributed by atoms with Gasteiger partial charge in [-0.15, -0.1) is 0 Å². The minimum Gasteiger partial charge on any atom is -0.503 e. The molecular weight excluding hydrogens is 362 g/mol. The first-order valence-electron chi connectivity index (χ1n) is 9.12. The molecule has 7 nitrogen and oxygen atoms in total. The summed E-state index contributed by atoms with van der Waals surface area (Å²) in [6.07, 6.45) is 2.27. The summed E-state index contributed by atoms with van der Waals surface area (Å²) in [4.78, 5) is 27.0. The molecule has 0 aliphatic carbocycles. The van der Waals surface area contributed by atoms with E-state index in [1.54, 1.807) is 30.3 Å². The number of benzene rings is 1. The number of carbonyl (C=O) groups is 2.